The van der Waals surface area contributed by atoms with Gasteiger partial charge in [-0.1, -0.05) is 30.3 Å². The third kappa shape index (κ3) is 3.16. The van der Waals surface area contributed by atoms with Gasteiger partial charge in [0.1, 0.15) is 12.9 Å². The van der Waals surface area contributed by atoms with E-state index in [-0.39, 0.29) is 24.2 Å². The Labute approximate surface area is 127 Å². The van der Waals surface area contributed by atoms with Crippen LogP contribution in [0.3, 0.4) is 0 Å². The summed E-state index contributed by atoms with van der Waals surface area (Å²) in [4.78, 5) is 10.5. The SMILES string of the molecule is O=CCC1CC1c1cc(F)c(OCc2ccccc2)c(F)c1. The third-order valence-electron chi connectivity index (χ3n) is 4.00. The molecule has 2 aromatic carbocycles. The molecule has 3 rings (SSSR count). The van der Waals surface area contributed by atoms with E-state index in [1.807, 2.05) is 30.3 Å². The molecular weight excluding hydrogens is 286 g/mol. The number of ether oxygens (including phenoxy) is 1. The van der Waals surface area contributed by atoms with Gasteiger partial charge in [0.2, 0.25) is 0 Å². The largest absolute Gasteiger partial charge is 0.483 e. The molecule has 1 saturated carbocycles. The molecule has 2 atom stereocenters. The Morgan fingerprint density at radius 2 is 1.82 bits per heavy atom. The molecule has 0 radical (unpaired) electrons. The van der Waals surface area contributed by atoms with Gasteiger partial charge in [0.15, 0.2) is 17.4 Å². The summed E-state index contributed by atoms with van der Waals surface area (Å²) < 4.78 is 33.4. The zero-order valence-electron chi connectivity index (χ0n) is 12.0. The van der Waals surface area contributed by atoms with Gasteiger partial charge in [-0.2, -0.15) is 0 Å². The summed E-state index contributed by atoms with van der Waals surface area (Å²) in [5.41, 5.74) is 1.45. The van der Waals surface area contributed by atoms with Crippen LogP contribution in [0.5, 0.6) is 5.75 Å². The Hall–Kier alpha value is -2.23. The van der Waals surface area contributed by atoms with Crippen molar-refractivity contribution in [3.05, 3.63) is 65.2 Å². The van der Waals surface area contributed by atoms with Crippen LogP contribution >= 0.6 is 0 Å². The van der Waals surface area contributed by atoms with Crippen molar-refractivity contribution >= 4 is 6.29 Å². The van der Waals surface area contributed by atoms with Crippen LogP contribution in [0.25, 0.3) is 0 Å². The lowest BCUT2D eigenvalue weighted by Crippen LogP contribution is -2.01. The first-order valence-corrected chi connectivity index (χ1v) is 7.28. The van der Waals surface area contributed by atoms with Gasteiger partial charge in [-0.05, 0) is 41.5 Å². The fourth-order valence-corrected chi connectivity index (χ4v) is 2.70. The summed E-state index contributed by atoms with van der Waals surface area (Å²) >= 11 is 0. The van der Waals surface area contributed by atoms with E-state index in [0.717, 1.165) is 18.3 Å². The lowest BCUT2D eigenvalue weighted by molar-refractivity contribution is -0.108. The lowest BCUT2D eigenvalue weighted by Gasteiger charge is -2.10. The molecule has 2 unspecified atom stereocenters. The summed E-state index contributed by atoms with van der Waals surface area (Å²) in [6.07, 6.45) is 2.11. The molecule has 4 heteroatoms. The molecule has 0 aromatic heterocycles. The Balaban J connectivity index is 1.72. The number of aldehydes is 1. The average molecular weight is 302 g/mol. The van der Waals surface area contributed by atoms with Crippen LogP contribution in [-0.4, -0.2) is 6.29 Å². The molecule has 0 amide bonds. The first-order valence-electron chi connectivity index (χ1n) is 7.28. The third-order valence-corrected chi connectivity index (χ3v) is 4.00. The Morgan fingerprint density at radius 1 is 1.14 bits per heavy atom. The Morgan fingerprint density at radius 3 is 2.45 bits per heavy atom. The highest BCUT2D eigenvalue weighted by Gasteiger charge is 2.38. The smallest absolute Gasteiger partial charge is 0.191 e. The summed E-state index contributed by atoms with van der Waals surface area (Å²) in [6, 6.07) is 11.9. The maximum Gasteiger partial charge on any atom is 0.191 e. The van der Waals surface area contributed by atoms with Gasteiger partial charge in [-0.25, -0.2) is 8.78 Å². The quantitative estimate of drug-likeness (QED) is 0.746. The van der Waals surface area contributed by atoms with E-state index in [4.69, 9.17) is 4.74 Å². The highest BCUT2D eigenvalue weighted by molar-refractivity contribution is 5.51. The first-order chi connectivity index (χ1) is 10.7. The normalized spacial score (nSPS) is 19.7. The van der Waals surface area contributed by atoms with Crippen molar-refractivity contribution in [1.82, 2.24) is 0 Å². The van der Waals surface area contributed by atoms with E-state index in [2.05, 4.69) is 0 Å². The van der Waals surface area contributed by atoms with Crippen molar-refractivity contribution < 1.29 is 18.3 Å². The van der Waals surface area contributed by atoms with E-state index in [1.54, 1.807) is 0 Å². The van der Waals surface area contributed by atoms with E-state index in [9.17, 15) is 13.6 Å². The monoisotopic (exact) mass is 302 g/mol. The van der Waals surface area contributed by atoms with Gasteiger partial charge in [-0.15, -0.1) is 0 Å². The summed E-state index contributed by atoms with van der Waals surface area (Å²) in [6.45, 7) is 0.116. The van der Waals surface area contributed by atoms with Crippen LogP contribution in [-0.2, 0) is 11.4 Å². The molecule has 2 aromatic rings. The van der Waals surface area contributed by atoms with Crippen molar-refractivity contribution in [2.45, 2.75) is 25.4 Å². The lowest BCUT2D eigenvalue weighted by atomic mass is 10.1. The van der Waals surface area contributed by atoms with Crippen LogP contribution in [0.15, 0.2) is 42.5 Å². The zero-order valence-corrected chi connectivity index (χ0v) is 12.0. The van der Waals surface area contributed by atoms with E-state index in [1.165, 1.54) is 12.1 Å². The van der Waals surface area contributed by atoms with Gasteiger partial charge >= 0.3 is 0 Å². The molecule has 114 valence electrons. The van der Waals surface area contributed by atoms with Crippen LogP contribution in [0.4, 0.5) is 8.78 Å². The molecule has 0 aliphatic heterocycles. The highest BCUT2D eigenvalue weighted by Crippen LogP contribution is 2.49. The minimum Gasteiger partial charge on any atom is -0.483 e. The number of halogens is 2. The Bertz CT molecular complexity index is 647. The number of carbonyl (C=O) groups is 1. The van der Waals surface area contributed by atoms with Gasteiger partial charge in [0.05, 0.1) is 0 Å². The summed E-state index contributed by atoms with van der Waals surface area (Å²) in [5, 5.41) is 0. The molecule has 1 aliphatic carbocycles. The number of hydrogen-bond donors (Lipinski definition) is 0. The topological polar surface area (TPSA) is 26.3 Å². The summed E-state index contributed by atoms with van der Waals surface area (Å²) in [5.74, 6) is -1.43. The molecule has 0 bridgehead atoms. The summed E-state index contributed by atoms with van der Waals surface area (Å²) in [7, 11) is 0. The second kappa shape index (κ2) is 6.26. The maximum atomic E-state index is 14.1. The molecule has 0 spiro atoms. The van der Waals surface area contributed by atoms with Gasteiger partial charge in [-0.3, -0.25) is 0 Å². The van der Waals surface area contributed by atoms with Crippen molar-refractivity contribution in [3.8, 4) is 5.75 Å². The molecule has 0 heterocycles. The zero-order chi connectivity index (χ0) is 15.5. The highest BCUT2D eigenvalue weighted by atomic mass is 19.1. The number of hydrogen-bond acceptors (Lipinski definition) is 2. The maximum absolute atomic E-state index is 14.1. The Kier molecular flexibility index (Phi) is 4.18. The molecular formula is C18H16F2O2. The number of rotatable bonds is 6. The minimum atomic E-state index is -0.692. The second-order valence-corrected chi connectivity index (χ2v) is 5.59. The predicted octanol–water partition coefficient (Wildman–Crippen LogP) is 4.24. The fraction of sp³-hybridized carbons (Fsp3) is 0.278. The molecule has 2 nitrogen and oxygen atoms in total. The van der Waals surface area contributed by atoms with Crippen LogP contribution in [0, 0.1) is 17.6 Å². The van der Waals surface area contributed by atoms with Gasteiger partial charge < -0.3 is 9.53 Å². The van der Waals surface area contributed by atoms with Crippen molar-refractivity contribution in [1.29, 1.82) is 0 Å². The fourth-order valence-electron chi connectivity index (χ4n) is 2.70. The number of carbonyl (C=O) groups excluding carboxylic acids is 1. The molecule has 0 saturated heterocycles. The predicted molar refractivity (Wildman–Crippen MR) is 78.7 cm³/mol. The van der Waals surface area contributed by atoms with Crippen LogP contribution in [0.2, 0.25) is 0 Å². The number of benzene rings is 2. The van der Waals surface area contributed by atoms with Crippen LogP contribution in [0.1, 0.15) is 29.9 Å². The van der Waals surface area contributed by atoms with Crippen molar-refractivity contribution in [2.75, 3.05) is 0 Å². The molecule has 1 fully saturated rings. The standard InChI is InChI=1S/C18H16F2O2/c19-16-9-14(15-8-13(15)6-7-21)10-17(20)18(16)22-11-12-4-2-1-3-5-12/h1-5,7,9-10,13,15H,6,8,11H2. The van der Waals surface area contributed by atoms with Crippen molar-refractivity contribution in [2.24, 2.45) is 5.92 Å². The molecule has 22 heavy (non-hydrogen) atoms. The van der Waals surface area contributed by atoms with Gasteiger partial charge in [0.25, 0.3) is 0 Å². The second-order valence-electron chi connectivity index (χ2n) is 5.59. The average Bonchev–Trinajstić information content (AvgIpc) is 3.27. The minimum absolute atomic E-state index is 0.0809. The van der Waals surface area contributed by atoms with Crippen LogP contribution < -0.4 is 4.74 Å². The van der Waals surface area contributed by atoms with E-state index < -0.39 is 11.6 Å². The van der Waals surface area contributed by atoms with E-state index in [0.29, 0.717) is 12.0 Å². The first kappa shape index (κ1) is 14.7. The molecule has 1 aliphatic rings. The van der Waals surface area contributed by atoms with E-state index >= 15 is 0 Å². The van der Waals surface area contributed by atoms with Gasteiger partial charge in [0, 0.05) is 6.42 Å². The molecule has 0 N–H and O–H groups in total. The van der Waals surface area contributed by atoms with Crippen molar-refractivity contribution in [3.63, 3.8) is 0 Å².